The van der Waals surface area contributed by atoms with Gasteiger partial charge in [-0.25, -0.2) is 0 Å². The molecule has 2 aromatic carbocycles. The molecule has 9 heteroatoms. The van der Waals surface area contributed by atoms with Gasteiger partial charge in [0.1, 0.15) is 5.75 Å². The molecule has 0 bridgehead atoms. The number of anilines is 1. The fourth-order valence-corrected chi connectivity index (χ4v) is 3.98. The predicted molar refractivity (Wildman–Crippen MR) is 129 cm³/mol. The fourth-order valence-electron chi connectivity index (χ4n) is 3.23. The van der Waals surface area contributed by atoms with Crippen LogP contribution in [0.25, 0.3) is 0 Å². The number of ether oxygens (including phenoxy) is 1. The minimum absolute atomic E-state index is 0.0780. The number of carbonyl (C=O) groups is 2. The third-order valence-electron chi connectivity index (χ3n) is 5.08. The monoisotopic (exact) mass is 465 g/mol. The molecule has 33 heavy (non-hydrogen) atoms. The Labute approximate surface area is 197 Å². The summed E-state index contributed by atoms with van der Waals surface area (Å²) in [5, 5.41) is 11.9. The average Bonchev–Trinajstić information content (AvgIpc) is 3.18. The molecular weight excluding hydrogens is 438 g/mol. The van der Waals surface area contributed by atoms with Crippen molar-refractivity contribution in [2.75, 3.05) is 11.1 Å². The number of allylic oxidation sites excluding steroid dienone is 1. The highest BCUT2D eigenvalue weighted by Gasteiger charge is 2.21. The summed E-state index contributed by atoms with van der Waals surface area (Å²) in [5.41, 5.74) is 8.22. The first-order valence-electron chi connectivity index (χ1n) is 10.4. The third-order valence-corrected chi connectivity index (χ3v) is 6.05. The highest BCUT2D eigenvalue weighted by atomic mass is 32.2. The molecule has 0 fully saturated rings. The van der Waals surface area contributed by atoms with Crippen molar-refractivity contribution in [3.05, 3.63) is 77.6 Å². The van der Waals surface area contributed by atoms with Gasteiger partial charge in [-0.3, -0.25) is 14.2 Å². The second-order valence-corrected chi connectivity index (χ2v) is 8.39. The molecule has 0 saturated heterocycles. The van der Waals surface area contributed by atoms with Crippen LogP contribution < -0.4 is 15.8 Å². The molecule has 2 amide bonds. The number of carbonyl (C=O) groups excluding carboxylic acids is 2. The van der Waals surface area contributed by atoms with Gasteiger partial charge in [-0.2, -0.15) is 0 Å². The van der Waals surface area contributed by atoms with E-state index in [1.165, 1.54) is 11.8 Å². The lowest BCUT2D eigenvalue weighted by molar-refractivity contribution is -0.113. The van der Waals surface area contributed by atoms with E-state index in [0.717, 1.165) is 16.9 Å². The van der Waals surface area contributed by atoms with E-state index in [0.29, 0.717) is 23.2 Å². The number of amides is 2. The number of hydrogen-bond donors (Lipinski definition) is 2. The number of hydrogen-bond acceptors (Lipinski definition) is 6. The van der Waals surface area contributed by atoms with Gasteiger partial charge in [-0.1, -0.05) is 42.1 Å². The topological polar surface area (TPSA) is 112 Å². The lowest BCUT2D eigenvalue weighted by atomic mass is 10.1. The van der Waals surface area contributed by atoms with E-state index in [2.05, 4.69) is 22.1 Å². The summed E-state index contributed by atoms with van der Waals surface area (Å²) in [6, 6.07) is 12.5. The maximum Gasteiger partial charge on any atom is 0.250 e. The van der Waals surface area contributed by atoms with Crippen LogP contribution in [-0.2, 0) is 11.3 Å². The number of nitrogens with one attached hydrogen (secondary N) is 1. The van der Waals surface area contributed by atoms with E-state index in [4.69, 9.17) is 10.5 Å². The Morgan fingerprint density at radius 2 is 1.97 bits per heavy atom. The second-order valence-electron chi connectivity index (χ2n) is 7.44. The zero-order chi connectivity index (χ0) is 24.0. The Morgan fingerprint density at radius 3 is 2.70 bits per heavy atom. The Balaban J connectivity index is 1.71. The maximum atomic E-state index is 12.5. The summed E-state index contributed by atoms with van der Waals surface area (Å²) in [6.45, 7) is 10.2. The van der Waals surface area contributed by atoms with Gasteiger partial charge >= 0.3 is 0 Å². The standard InChI is InChI=1S/C24H27N5O3S/c1-5-13-29-23(17(4)32-20-12-8-9-15(2)16(20)3)27-28-24(29)33-14-21(30)26-19-11-7-6-10-18(19)22(25)31/h5-12,17H,1,13-14H2,2-4H3,(H2,25,31)(H,26,30). The lowest BCUT2D eigenvalue weighted by Gasteiger charge is -2.18. The van der Waals surface area contributed by atoms with E-state index in [1.807, 2.05) is 43.5 Å². The Bertz CT molecular complexity index is 1170. The molecule has 0 radical (unpaired) electrons. The van der Waals surface area contributed by atoms with Gasteiger partial charge in [0.2, 0.25) is 5.91 Å². The first-order valence-corrected chi connectivity index (χ1v) is 11.4. The molecule has 0 aliphatic heterocycles. The first-order chi connectivity index (χ1) is 15.8. The van der Waals surface area contributed by atoms with Crippen molar-refractivity contribution in [3.63, 3.8) is 0 Å². The quantitative estimate of drug-likeness (QED) is 0.345. The van der Waals surface area contributed by atoms with Crippen LogP contribution in [0.2, 0.25) is 0 Å². The van der Waals surface area contributed by atoms with Crippen molar-refractivity contribution < 1.29 is 14.3 Å². The summed E-state index contributed by atoms with van der Waals surface area (Å²) in [6.07, 6.45) is 1.38. The van der Waals surface area contributed by atoms with E-state index >= 15 is 0 Å². The zero-order valence-electron chi connectivity index (χ0n) is 18.9. The SMILES string of the molecule is C=CCn1c(SCC(=O)Nc2ccccc2C(N)=O)nnc1C(C)Oc1cccc(C)c1C. The molecule has 172 valence electrons. The molecular formula is C24H27N5O3S. The molecule has 3 N–H and O–H groups in total. The van der Waals surface area contributed by atoms with Crippen molar-refractivity contribution >= 4 is 29.3 Å². The van der Waals surface area contributed by atoms with Crippen molar-refractivity contribution in [2.24, 2.45) is 5.73 Å². The minimum atomic E-state index is -0.605. The van der Waals surface area contributed by atoms with E-state index in [1.54, 1.807) is 30.3 Å². The second kappa shape index (κ2) is 10.8. The number of benzene rings is 2. The lowest BCUT2D eigenvalue weighted by Crippen LogP contribution is -2.19. The Kier molecular flexibility index (Phi) is 7.89. The van der Waals surface area contributed by atoms with Crippen molar-refractivity contribution in [2.45, 2.75) is 38.6 Å². The molecule has 1 heterocycles. The smallest absolute Gasteiger partial charge is 0.250 e. The van der Waals surface area contributed by atoms with E-state index < -0.39 is 5.91 Å². The molecule has 0 spiro atoms. The largest absolute Gasteiger partial charge is 0.482 e. The molecule has 0 aliphatic rings. The predicted octanol–water partition coefficient (Wildman–Crippen LogP) is 4.05. The van der Waals surface area contributed by atoms with Gasteiger partial charge in [0.15, 0.2) is 17.1 Å². The summed E-state index contributed by atoms with van der Waals surface area (Å²) in [7, 11) is 0. The molecule has 1 atom stereocenters. The van der Waals surface area contributed by atoms with Crippen LogP contribution in [0.4, 0.5) is 5.69 Å². The molecule has 8 nitrogen and oxygen atoms in total. The molecule has 3 rings (SSSR count). The number of thioether (sulfide) groups is 1. The van der Waals surface area contributed by atoms with Gasteiger partial charge < -0.3 is 15.8 Å². The molecule has 1 unspecified atom stereocenters. The third kappa shape index (κ3) is 5.81. The number of aromatic nitrogens is 3. The first kappa shape index (κ1) is 24.1. The normalized spacial score (nSPS) is 11.6. The van der Waals surface area contributed by atoms with Crippen LogP contribution in [0, 0.1) is 13.8 Å². The van der Waals surface area contributed by atoms with Crippen LogP contribution in [0.3, 0.4) is 0 Å². The number of nitrogens with zero attached hydrogens (tertiary/aromatic N) is 3. The zero-order valence-corrected chi connectivity index (χ0v) is 19.7. The highest BCUT2D eigenvalue weighted by molar-refractivity contribution is 7.99. The number of primary amides is 1. The summed E-state index contributed by atoms with van der Waals surface area (Å²) >= 11 is 1.24. The Morgan fingerprint density at radius 1 is 1.21 bits per heavy atom. The summed E-state index contributed by atoms with van der Waals surface area (Å²) in [4.78, 5) is 24.1. The van der Waals surface area contributed by atoms with Crippen LogP contribution in [0.1, 0.15) is 40.3 Å². The fraction of sp³-hybridized carbons (Fsp3) is 0.250. The Hall–Kier alpha value is -3.59. The van der Waals surface area contributed by atoms with Gasteiger partial charge in [0, 0.05) is 6.54 Å². The van der Waals surface area contributed by atoms with Crippen molar-refractivity contribution in [1.29, 1.82) is 0 Å². The molecule has 1 aromatic heterocycles. The molecule has 0 aliphatic carbocycles. The van der Waals surface area contributed by atoms with Crippen molar-refractivity contribution in [1.82, 2.24) is 14.8 Å². The number of para-hydroxylation sites is 1. The molecule has 3 aromatic rings. The summed E-state index contributed by atoms with van der Waals surface area (Å²) in [5.74, 6) is 0.610. The highest BCUT2D eigenvalue weighted by Crippen LogP contribution is 2.28. The minimum Gasteiger partial charge on any atom is -0.482 e. The maximum absolute atomic E-state index is 12.5. The van der Waals surface area contributed by atoms with Gasteiger partial charge in [0.05, 0.1) is 17.0 Å². The number of rotatable bonds is 10. The average molecular weight is 466 g/mol. The van der Waals surface area contributed by atoms with Gasteiger partial charge in [-0.15, -0.1) is 16.8 Å². The summed E-state index contributed by atoms with van der Waals surface area (Å²) < 4.78 is 8.04. The van der Waals surface area contributed by atoms with Crippen LogP contribution in [0.5, 0.6) is 5.75 Å². The molecule has 0 saturated carbocycles. The number of aryl methyl sites for hydroxylation is 1. The van der Waals surface area contributed by atoms with E-state index in [9.17, 15) is 9.59 Å². The van der Waals surface area contributed by atoms with Gasteiger partial charge in [-0.05, 0) is 50.1 Å². The van der Waals surface area contributed by atoms with Crippen LogP contribution in [-0.4, -0.2) is 32.3 Å². The van der Waals surface area contributed by atoms with E-state index in [-0.39, 0.29) is 23.3 Å². The van der Waals surface area contributed by atoms with Gasteiger partial charge in [0.25, 0.3) is 5.91 Å². The van der Waals surface area contributed by atoms with Crippen LogP contribution >= 0.6 is 11.8 Å². The van der Waals surface area contributed by atoms with Crippen molar-refractivity contribution in [3.8, 4) is 5.75 Å². The number of nitrogens with two attached hydrogens (primary N) is 1. The van der Waals surface area contributed by atoms with Crippen LogP contribution in [0.15, 0.2) is 60.3 Å².